The molecule has 0 saturated heterocycles. The Labute approximate surface area is 104 Å². The van der Waals surface area contributed by atoms with E-state index in [1.807, 2.05) is 0 Å². The maximum atomic E-state index is 5.54. The highest BCUT2D eigenvalue weighted by Gasteiger charge is 2.28. The Morgan fingerprint density at radius 1 is 1.24 bits per heavy atom. The number of aryl methyl sites for hydroxylation is 1. The van der Waals surface area contributed by atoms with Crippen molar-refractivity contribution in [3.8, 4) is 0 Å². The quantitative estimate of drug-likeness (QED) is 0.731. The number of nitrogens with one attached hydrogen (secondary N) is 1. The molecule has 17 heavy (non-hydrogen) atoms. The molecule has 94 valence electrons. The van der Waals surface area contributed by atoms with Gasteiger partial charge in [-0.15, -0.1) is 0 Å². The van der Waals surface area contributed by atoms with Crippen LogP contribution in [0.5, 0.6) is 0 Å². The summed E-state index contributed by atoms with van der Waals surface area (Å²) >= 11 is 0. The largest absolute Gasteiger partial charge is 0.378 e. The summed E-state index contributed by atoms with van der Waals surface area (Å²) in [7, 11) is 0. The molecular weight excluding hydrogens is 210 g/mol. The highest BCUT2D eigenvalue weighted by Crippen LogP contribution is 2.23. The Hall–Kier alpha value is -0.860. The molecule has 1 aromatic carbocycles. The molecule has 1 N–H and O–H groups in total. The fourth-order valence-electron chi connectivity index (χ4n) is 2.35. The molecule has 1 aromatic rings. The Morgan fingerprint density at radius 2 is 2.00 bits per heavy atom. The molecule has 0 aliphatic heterocycles. The topological polar surface area (TPSA) is 21.3 Å². The van der Waals surface area contributed by atoms with Crippen LogP contribution in [-0.4, -0.2) is 25.3 Å². The van der Waals surface area contributed by atoms with Crippen LogP contribution in [0, 0.1) is 0 Å². The van der Waals surface area contributed by atoms with Crippen molar-refractivity contribution in [2.24, 2.45) is 0 Å². The minimum atomic E-state index is 0.520. The molecule has 0 spiro atoms. The Morgan fingerprint density at radius 3 is 2.71 bits per heavy atom. The molecule has 1 aliphatic rings. The number of ether oxygens (including phenoxy) is 1. The van der Waals surface area contributed by atoms with Gasteiger partial charge in [0.25, 0.3) is 0 Å². The van der Waals surface area contributed by atoms with Gasteiger partial charge in [0.15, 0.2) is 0 Å². The van der Waals surface area contributed by atoms with E-state index in [2.05, 4.69) is 42.6 Å². The first kappa shape index (κ1) is 12.6. The van der Waals surface area contributed by atoms with Crippen LogP contribution in [0.15, 0.2) is 30.3 Å². The van der Waals surface area contributed by atoms with Crippen molar-refractivity contribution in [3.05, 3.63) is 35.9 Å². The van der Waals surface area contributed by atoms with Crippen molar-refractivity contribution in [1.29, 1.82) is 0 Å². The van der Waals surface area contributed by atoms with Gasteiger partial charge in [0.1, 0.15) is 0 Å². The van der Waals surface area contributed by atoms with E-state index in [0.29, 0.717) is 12.1 Å². The third-order valence-electron chi connectivity index (χ3n) is 3.42. The van der Waals surface area contributed by atoms with Crippen LogP contribution in [0.4, 0.5) is 0 Å². The van der Waals surface area contributed by atoms with E-state index in [-0.39, 0.29) is 0 Å². The molecule has 0 atom stereocenters. The molecular formula is C15H23NO. The van der Waals surface area contributed by atoms with E-state index in [1.54, 1.807) is 0 Å². The summed E-state index contributed by atoms with van der Waals surface area (Å²) in [6.45, 7) is 4.05. The fourth-order valence-corrected chi connectivity index (χ4v) is 2.35. The maximum absolute atomic E-state index is 5.54. The van der Waals surface area contributed by atoms with Crippen molar-refractivity contribution < 1.29 is 4.74 Å². The zero-order valence-corrected chi connectivity index (χ0v) is 10.7. The van der Waals surface area contributed by atoms with Crippen LogP contribution in [0.3, 0.4) is 0 Å². The molecule has 1 aliphatic carbocycles. The third kappa shape index (κ3) is 4.14. The summed E-state index contributed by atoms with van der Waals surface area (Å²) in [4.78, 5) is 0. The van der Waals surface area contributed by atoms with Crippen molar-refractivity contribution in [2.45, 2.75) is 44.8 Å². The summed E-state index contributed by atoms with van der Waals surface area (Å²) in [5.41, 5.74) is 1.44. The molecule has 0 aromatic heterocycles. The molecule has 0 bridgehead atoms. The van der Waals surface area contributed by atoms with Crippen LogP contribution >= 0.6 is 0 Å². The van der Waals surface area contributed by atoms with E-state index in [9.17, 15) is 0 Å². The highest BCUT2D eigenvalue weighted by molar-refractivity contribution is 5.14. The molecule has 0 amide bonds. The summed E-state index contributed by atoms with van der Waals surface area (Å²) in [6.07, 6.45) is 5.31. The van der Waals surface area contributed by atoms with Crippen LogP contribution in [0.1, 0.15) is 31.7 Å². The number of hydrogen-bond acceptors (Lipinski definition) is 2. The van der Waals surface area contributed by atoms with Gasteiger partial charge in [-0.25, -0.2) is 0 Å². The first-order valence-corrected chi connectivity index (χ1v) is 6.77. The number of hydrogen-bond donors (Lipinski definition) is 1. The molecule has 0 heterocycles. The molecule has 2 rings (SSSR count). The van der Waals surface area contributed by atoms with Gasteiger partial charge in [-0.1, -0.05) is 30.3 Å². The number of rotatable bonds is 7. The molecule has 2 heteroatoms. The van der Waals surface area contributed by atoms with Gasteiger partial charge in [0.05, 0.1) is 6.10 Å². The van der Waals surface area contributed by atoms with Crippen LogP contribution in [-0.2, 0) is 11.2 Å². The molecule has 2 nitrogen and oxygen atoms in total. The predicted octanol–water partition coefficient (Wildman–Crippen LogP) is 2.78. The summed E-state index contributed by atoms with van der Waals surface area (Å²) in [5.74, 6) is 0. The average molecular weight is 233 g/mol. The van der Waals surface area contributed by atoms with E-state index >= 15 is 0 Å². The van der Waals surface area contributed by atoms with E-state index in [1.165, 1.54) is 31.2 Å². The Kier molecular flexibility index (Phi) is 5.02. The van der Waals surface area contributed by atoms with E-state index < -0.39 is 0 Å². The lowest BCUT2D eigenvalue weighted by Crippen LogP contribution is -2.45. The second kappa shape index (κ2) is 6.77. The third-order valence-corrected chi connectivity index (χ3v) is 3.42. The lowest BCUT2D eigenvalue weighted by Gasteiger charge is -2.35. The smallest absolute Gasteiger partial charge is 0.0604 e. The lowest BCUT2D eigenvalue weighted by atomic mass is 9.89. The average Bonchev–Trinajstić information content (AvgIpc) is 2.32. The Bertz CT molecular complexity index is 306. The van der Waals surface area contributed by atoms with Gasteiger partial charge in [0, 0.05) is 12.6 Å². The highest BCUT2D eigenvalue weighted by atomic mass is 16.5. The summed E-state index contributed by atoms with van der Waals surface area (Å²) < 4.78 is 5.54. The molecule has 0 unspecified atom stereocenters. The fraction of sp³-hybridized carbons (Fsp3) is 0.600. The minimum Gasteiger partial charge on any atom is -0.378 e. The lowest BCUT2D eigenvalue weighted by molar-refractivity contribution is -0.00972. The van der Waals surface area contributed by atoms with E-state index in [0.717, 1.165) is 13.2 Å². The predicted molar refractivity (Wildman–Crippen MR) is 71.2 cm³/mol. The second-order valence-electron chi connectivity index (χ2n) is 4.79. The minimum absolute atomic E-state index is 0.520. The van der Waals surface area contributed by atoms with Crippen LogP contribution < -0.4 is 5.32 Å². The van der Waals surface area contributed by atoms with Crippen molar-refractivity contribution in [3.63, 3.8) is 0 Å². The van der Waals surface area contributed by atoms with Crippen LogP contribution in [0.2, 0.25) is 0 Å². The molecule has 0 radical (unpaired) electrons. The van der Waals surface area contributed by atoms with Gasteiger partial charge in [0.2, 0.25) is 0 Å². The first-order valence-electron chi connectivity index (χ1n) is 6.77. The normalized spacial score (nSPS) is 23.4. The second-order valence-corrected chi connectivity index (χ2v) is 4.79. The standard InChI is InChI=1S/C15H23NO/c1-2-17-15-11-14(12-15)16-10-6-9-13-7-4-3-5-8-13/h3-5,7-8,14-16H,2,6,9-12H2,1H3. The van der Waals surface area contributed by atoms with Gasteiger partial charge in [-0.2, -0.15) is 0 Å². The summed E-state index contributed by atoms with van der Waals surface area (Å²) in [6, 6.07) is 11.4. The summed E-state index contributed by atoms with van der Waals surface area (Å²) in [5, 5.41) is 3.60. The van der Waals surface area contributed by atoms with Gasteiger partial charge in [-0.05, 0) is 44.7 Å². The van der Waals surface area contributed by atoms with Crippen molar-refractivity contribution >= 4 is 0 Å². The molecule has 1 saturated carbocycles. The maximum Gasteiger partial charge on any atom is 0.0604 e. The monoisotopic (exact) mass is 233 g/mol. The van der Waals surface area contributed by atoms with Gasteiger partial charge >= 0.3 is 0 Å². The SMILES string of the molecule is CCOC1CC(NCCCc2ccccc2)C1. The zero-order valence-electron chi connectivity index (χ0n) is 10.7. The van der Waals surface area contributed by atoms with Crippen LogP contribution in [0.25, 0.3) is 0 Å². The van der Waals surface area contributed by atoms with Gasteiger partial charge in [-0.3, -0.25) is 0 Å². The van der Waals surface area contributed by atoms with Crippen molar-refractivity contribution in [2.75, 3.05) is 13.2 Å². The van der Waals surface area contributed by atoms with E-state index in [4.69, 9.17) is 4.74 Å². The molecule has 1 fully saturated rings. The van der Waals surface area contributed by atoms with Gasteiger partial charge < -0.3 is 10.1 Å². The van der Waals surface area contributed by atoms with Crippen molar-refractivity contribution in [1.82, 2.24) is 5.32 Å². The Balaban J connectivity index is 1.50. The zero-order chi connectivity index (χ0) is 11.9. The number of benzene rings is 1. The first-order chi connectivity index (χ1) is 8.38.